The van der Waals surface area contributed by atoms with Crippen LogP contribution >= 0.6 is 0 Å². The minimum absolute atomic E-state index is 0.451. The van der Waals surface area contributed by atoms with E-state index in [0.29, 0.717) is 0 Å². The number of likely N-dealkylation sites (N-methyl/N-ethyl adjacent to an activating group) is 1. The molecule has 0 bridgehead atoms. The number of nitrogens with zero attached hydrogens (tertiary/aromatic N) is 1. The Morgan fingerprint density at radius 3 is 2.53 bits per heavy atom. The Labute approximate surface area is 85.6 Å². The first-order valence-corrected chi connectivity index (χ1v) is 4.34. The third-order valence-corrected chi connectivity index (χ3v) is 2.52. The van der Waals surface area contributed by atoms with Crippen molar-refractivity contribution < 1.29 is 25.0 Å². The van der Waals surface area contributed by atoms with Gasteiger partial charge in [0.15, 0.2) is 0 Å². The molecule has 4 atom stereocenters. The second-order valence-corrected chi connectivity index (χ2v) is 3.77. The van der Waals surface area contributed by atoms with Crippen molar-refractivity contribution in [1.82, 2.24) is 5.32 Å². The van der Waals surface area contributed by atoms with E-state index in [9.17, 15) is 25.4 Å². The van der Waals surface area contributed by atoms with Crippen LogP contribution in [0, 0.1) is 10.1 Å². The topological polar surface area (TPSA) is 125 Å². The van der Waals surface area contributed by atoms with Crippen molar-refractivity contribution in [3.8, 4) is 0 Å². The fourth-order valence-corrected chi connectivity index (χ4v) is 1.61. The smallest absolute Gasteiger partial charge is 0.386 e. The molecule has 1 aliphatic rings. The van der Waals surface area contributed by atoms with Gasteiger partial charge < -0.3 is 20.6 Å². The van der Waals surface area contributed by atoms with E-state index in [-0.39, 0.29) is 0 Å². The summed E-state index contributed by atoms with van der Waals surface area (Å²) < 4.78 is 4.50. The highest BCUT2D eigenvalue weighted by Crippen LogP contribution is 2.29. The van der Waals surface area contributed by atoms with E-state index >= 15 is 0 Å². The van der Waals surface area contributed by atoms with Gasteiger partial charge in [-0.05, 0) is 14.0 Å². The zero-order chi connectivity index (χ0) is 11.9. The molecule has 0 aliphatic carbocycles. The van der Waals surface area contributed by atoms with Crippen molar-refractivity contribution in [2.24, 2.45) is 0 Å². The van der Waals surface area contributed by atoms with Crippen LogP contribution in [0.2, 0.25) is 0 Å². The minimum Gasteiger partial charge on any atom is -0.386 e. The van der Waals surface area contributed by atoms with Gasteiger partial charge >= 0.3 is 5.91 Å². The Morgan fingerprint density at radius 1 is 1.60 bits per heavy atom. The summed E-state index contributed by atoms with van der Waals surface area (Å²) in [4.78, 5) is 9.39. The molecule has 4 N–H and O–H groups in total. The van der Waals surface area contributed by atoms with E-state index in [0.717, 1.165) is 0 Å². The Bertz CT molecular complexity index is 270. The number of rotatable bonds is 2. The number of hydrogen-bond donors (Lipinski definition) is 4. The lowest BCUT2D eigenvalue weighted by Crippen LogP contribution is -2.71. The molecule has 88 valence electrons. The molecule has 0 aromatic heterocycles. The molecule has 15 heavy (non-hydrogen) atoms. The summed E-state index contributed by atoms with van der Waals surface area (Å²) in [5, 5.41) is 41.8. The number of aliphatic hydroxyl groups excluding tert-OH is 1. The van der Waals surface area contributed by atoms with Gasteiger partial charge in [0.2, 0.25) is 6.10 Å². The van der Waals surface area contributed by atoms with Crippen molar-refractivity contribution in [3.63, 3.8) is 0 Å². The van der Waals surface area contributed by atoms with Crippen molar-refractivity contribution in [2.75, 3.05) is 13.7 Å². The summed E-state index contributed by atoms with van der Waals surface area (Å²) in [6.45, 7) is 0.893. The van der Waals surface area contributed by atoms with Gasteiger partial charge in [-0.3, -0.25) is 14.9 Å². The van der Waals surface area contributed by atoms with E-state index < -0.39 is 35.2 Å². The fourth-order valence-electron chi connectivity index (χ4n) is 1.61. The van der Waals surface area contributed by atoms with Crippen molar-refractivity contribution in [1.29, 1.82) is 0 Å². The molecule has 1 aliphatic heterocycles. The summed E-state index contributed by atoms with van der Waals surface area (Å²) in [6.07, 6.45) is -1.86. The Hall–Kier alpha value is -0.800. The third kappa shape index (κ3) is 1.82. The Kier molecular flexibility index (Phi) is 2.99. The molecule has 1 saturated heterocycles. The van der Waals surface area contributed by atoms with Gasteiger partial charge in [-0.1, -0.05) is 0 Å². The number of aliphatic hydroxyl groups is 3. The highest BCUT2D eigenvalue weighted by Gasteiger charge is 2.62. The lowest BCUT2D eigenvalue weighted by atomic mass is 9.88. The summed E-state index contributed by atoms with van der Waals surface area (Å²) >= 11 is 0. The lowest BCUT2D eigenvalue weighted by Gasteiger charge is -2.43. The molecule has 8 nitrogen and oxygen atoms in total. The Morgan fingerprint density at radius 2 is 2.13 bits per heavy atom. The van der Waals surface area contributed by atoms with E-state index in [1.165, 1.54) is 14.0 Å². The van der Waals surface area contributed by atoms with Crippen molar-refractivity contribution in [3.05, 3.63) is 10.1 Å². The van der Waals surface area contributed by atoms with Crippen LogP contribution in [0.5, 0.6) is 0 Å². The molecule has 1 fully saturated rings. The van der Waals surface area contributed by atoms with E-state index in [1.807, 2.05) is 0 Å². The molecular formula is C7H14N2O6. The molecule has 0 radical (unpaired) electrons. The SMILES string of the molecule is CN[C@@H]1[C@@H](O)C(O)([N+](=O)[O-])OC[C@]1(C)O. The molecule has 1 heterocycles. The number of nitro groups is 1. The predicted octanol–water partition coefficient (Wildman–Crippen LogP) is -2.36. The minimum atomic E-state index is -2.88. The quantitative estimate of drug-likeness (QED) is 0.234. The van der Waals surface area contributed by atoms with E-state index in [2.05, 4.69) is 10.1 Å². The van der Waals surface area contributed by atoms with Crippen LogP contribution in [0.25, 0.3) is 0 Å². The maximum Gasteiger partial charge on any atom is 0.467 e. The van der Waals surface area contributed by atoms with Crippen LogP contribution in [-0.4, -0.2) is 57.6 Å². The van der Waals surface area contributed by atoms with Crippen molar-refractivity contribution in [2.45, 2.75) is 30.6 Å². The zero-order valence-corrected chi connectivity index (χ0v) is 8.38. The van der Waals surface area contributed by atoms with Gasteiger partial charge in [-0.15, -0.1) is 0 Å². The average Bonchev–Trinajstić information content (AvgIpc) is 2.12. The first-order chi connectivity index (χ1) is 6.75. The van der Waals surface area contributed by atoms with E-state index in [4.69, 9.17) is 0 Å². The predicted molar refractivity (Wildman–Crippen MR) is 47.4 cm³/mol. The summed E-state index contributed by atoms with van der Waals surface area (Å²) in [5.41, 5.74) is -1.49. The second-order valence-electron chi connectivity index (χ2n) is 3.77. The highest BCUT2D eigenvalue weighted by molar-refractivity contribution is 4.98. The van der Waals surface area contributed by atoms with Crippen LogP contribution < -0.4 is 5.32 Å². The number of nitrogens with one attached hydrogen (secondary N) is 1. The highest BCUT2D eigenvalue weighted by atomic mass is 16.8. The molecule has 0 aromatic carbocycles. The molecule has 1 unspecified atom stereocenters. The average molecular weight is 222 g/mol. The maximum atomic E-state index is 10.5. The van der Waals surface area contributed by atoms with Gasteiger partial charge in [0.05, 0.1) is 17.6 Å². The molecule has 0 spiro atoms. The van der Waals surface area contributed by atoms with Gasteiger partial charge in [-0.25, -0.2) is 0 Å². The molecule has 0 saturated carbocycles. The molecular weight excluding hydrogens is 208 g/mol. The van der Waals surface area contributed by atoms with Crippen LogP contribution in [0.3, 0.4) is 0 Å². The first-order valence-electron chi connectivity index (χ1n) is 4.34. The fraction of sp³-hybridized carbons (Fsp3) is 1.00. The van der Waals surface area contributed by atoms with Crippen molar-refractivity contribution >= 4 is 0 Å². The van der Waals surface area contributed by atoms with Gasteiger partial charge in [-0.2, -0.15) is 0 Å². The molecule has 8 heteroatoms. The monoisotopic (exact) mass is 222 g/mol. The second kappa shape index (κ2) is 3.65. The number of hydrogen-bond acceptors (Lipinski definition) is 7. The maximum absolute atomic E-state index is 10.5. The number of ether oxygens (including phenoxy) is 1. The standard InChI is InChI=1S/C7H14N2O6/c1-6(11)3-15-7(12,9(13)14)5(10)4(6)8-2/h4-5,8,10-12H,3H2,1-2H3/t4-,5-,6+,7?/m1/s1. The molecule has 0 amide bonds. The normalized spacial score (nSPS) is 46.5. The largest absolute Gasteiger partial charge is 0.467 e. The van der Waals surface area contributed by atoms with Crippen LogP contribution in [0.4, 0.5) is 0 Å². The zero-order valence-electron chi connectivity index (χ0n) is 8.38. The van der Waals surface area contributed by atoms with Crippen LogP contribution in [-0.2, 0) is 4.74 Å². The Balaban J connectivity index is 2.99. The lowest BCUT2D eigenvalue weighted by molar-refractivity contribution is -0.709. The summed E-state index contributed by atoms with van der Waals surface area (Å²) in [6, 6.07) is -1.05. The van der Waals surface area contributed by atoms with Gasteiger partial charge in [0.25, 0.3) is 0 Å². The van der Waals surface area contributed by atoms with Gasteiger partial charge in [0, 0.05) is 0 Å². The third-order valence-electron chi connectivity index (χ3n) is 2.52. The first kappa shape index (κ1) is 12.3. The van der Waals surface area contributed by atoms with Gasteiger partial charge in [0.1, 0.15) is 5.60 Å². The van der Waals surface area contributed by atoms with E-state index in [1.54, 1.807) is 0 Å². The molecule has 0 aromatic rings. The summed E-state index contributed by atoms with van der Waals surface area (Å²) in [7, 11) is 1.41. The van der Waals surface area contributed by atoms with Crippen LogP contribution in [0.1, 0.15) is 6.92 Å². The summed E-state index contributed by atoms with van der Waals surface area (Å²) in [5.74, 6) is -2.88. The van der Waals surface area contributed by atoms with Crippen LogP contribution in [0.15, 0.2) is 0 Å². The molecule has 1 rings (SSSR count).